The molecule has 0 aliphatic carbocycles. The molecule has 1 atom stereocenters. The molecule has 102 valence electrons. The van der Waals surface area contributed by atoms with Crippen LogP contribution in [0.25, 0.3) is 0 Å². The van der Waals surface area contributed by atoms with E-state index in [0.29, 0.717) is 0 Å². The van der Waals surface area contributed by atoms with Gasteiger partial charge in [-0.25, -0.2) is 0 Å². The minimum atomic E-state index is 0.175. The van der Waals surface area contributed by atoms with E-state index in [4.69, 9.17) is 5.84 Å². The lowest BCUT2D eigenvalue weighted by molar-refractivity contribution is 0.506. The van der Waals surface area contributed by atoms with Crippen molar-refractivity contribution in [1.82, 2.24) is 15.2 Å². The van der Waals surface area contributed by atoms with Gasteiger partial charge in [-0.1, -0.05) is 18.2 Å². The topological polar surface area (TPSA) is 55.9 Å². The van der Waals surface area contributed by atoms with Crippen LogP contribution >= 0.6 is 0 Å². The Morgan fingerprint density at radius 3 is 2.63 bits per heavy atom. The smallest absolute Gasteiger partial charge is 0.0492 e. The summed E-state index contributed by atoms with van der Waals surface area (Å²) < 4.78 is 1.91. The van der Waals surface area contributed by atoms with Crippen molar-refractivity contribution in [3.05, 3.63) is 52.8 Å². The van der Waals surface area contributed by atoms with E-state index in [1.807, 2.05) is 24.0 Å². The molecule has 0 saturated heterocycles. The predicted octanol–water partition coefficient (Wildman–Crippen LogP) is 2.17. The number of hydrogen-bond donors (Lipinski definition) is 2. The standard InChI is InChI=1S/C15H22N4/c1-11-4-5-13(10-12(11)2)15(18-16)7-6-14-8-9-17-19(14)3/h4-5,8-10,15,18H,6-7,16H2,1-3H3. The average molecular weight is 258 g/mol. The number of aromatic nitrogens is 2. The van der Waals surface area contributed by atoms with E-state index >= 15 is 0 Å². The van der Waals surface area contributed by atoms with Gasteiger partial charge in [-0.2, -0.15) is 5.10 Å². The van der Waals surface area contributed by atoms with Crippen molar-refractivity contribution < 1.29 is 0 Å². The molecule has 0 spiro atoms. The summed E-state index contributed by atoms with van der Waals surface area (Å²) >= 11 is 0. The first kappa shape index (κ1) is 13.8. The monoisotopic (exact) mass is 258 g/mol. The van der Waals surface area contributed by atoms with Crippen molar-refractivity contribution in [3.63, 3.8) is 0 Å². The van der Waals surface area contributed by atoms with Gasteiger partial charge in [0.15, 0.2) is 0 Å². The number of nitrogens with two attached hydrogens (primary N) is 1. The molecule has 0 bridgehead atoms. The van der Waals surface area contributed by atoms with Crippen LogP contribution in [-0.4, -0.2) is 9.78 Å². The van der Waals surface area contributed by atoms with Gasteiger partial charge in [0.05, 0.1) is 0 Å². The molecule has 0 radical (unpaired) electrons. The first-order valence-electron chi connectivity index (χ1n) is 6.62. The van der Waals surface area contributed by atoms with Crippen LogP contribution in [-0.2, 0) is 13.5 Å². The molecular weight excluding hydrogens is 236 g/mol. The summed E-state index contributed by atoms with van der Waals surface area (Å²) in [6.07, 6.45) is 3.74. The SMILES string of the molecule is Cc1ccc(C(CCc2ccnn2C)NN)cc1C. The molecule has 0 aliphatic rings. The number of hydrogen-bond acceptors (Lipinski definition) is 3. The quantitative estimate of drug-likeness (QED) is 0.638. The van der Waals surface area contributed by atoms with E-state index in [1.165, 1.54) is 22.4 Å². The highest BCUT2D eigenvalue weighted by atomic mass is 15.3. The Hall–Kier alpha value is -1.65. The molecule has 0 amide bonds. The van der Waals surface area contributed by atoms with Crippen molar-refractivity contribution in [2.45, 2.75) is 32.7 Å². The highest BCUT2D eigenvalue weighted by Gasteiger charge is 2.11. The summed E-state index contributed by atoms with van der Waals surface area (Å²) in [4.78, 5) is 0. The second-order valence-corrected chi connectivity index (χ2v) is 5.05. The van der Waals surface area contributed by atoms with Gasteiger partial charge in [-0.15, -0.1) is 0 Å². The Labute approximate surface area is 114 Å². The van der Waals surface area contributed by atoms with Gasteiger partial charge in [-0.3, -0.25) is 16.0 Å². The third kappa shape index (κ3) is 3.22. The van der Waals surface area contributed by atoms with Crippen LogP contribution in [0.15, 0.2) is 30.5 Å². The van der Waals surface area contributed by atoms with Crippen molar-refractivity contribution in [2.75, 3.05) is 0 Å². The number of benzene rings is 1. The van der Waals surface area contributed by atoms with Gasteiger partial charge in [0.2, 0.25) is 0 Å². The molecule has 2 aromatic rings. The summed E-state index contributed by atoms with van der Waals surface area (Å²) in [6.45, 7) is 4.26. The van der Waals surface area contributed by atoms with Crippen LogP contribution in [0, 0.1) is 13.8 Å². The zero-order chi connectivity index (χ0) is 13.8. The average Bonchev–Trinajstić information content (AvgIpc) is 2.80. The van der Waals surface area contributed by atoms with E-state index in [-0.39, 0.29) is 6.04 Å². The molecule has 0 fully saturated rings. The van der Waals surface area contributed by atoms with Gasteiger partial charge < -0.3 is 0 Å². The molecule has 1 unspecified atom stereocenters. The zero-order valence-electron chi connectivity index (χ0n) is 11.9. The largest absolute Gasteiger partial charge is 0.273 e. The molecule has 3 N–H and O–H groups in total. The second-order valence-electron chi connectivity index (χ2n) is 5.05. The summed E-state index contributed by atoms with van der Waals surface area (Å²) in [5.41, 5.74) is 8.00. The normalized spacial score (nSPS) is 12.6. The molecule has 1 heterocycles. The van der Waals surface area contributed by atoms with Crippen LogP contribution in [0.5, 0.6) is 0 Å². The molecule has 1 aromatic carbocycles. The minimum absolute atomic E-state index is 0.175. The summed E-state index contributed by atoms with van der Waals surface area (Å²) in [6, 6.07) is 8.74. The first-order chi connectivity index (χ1) is 9.11. The molecule has 0 saturated carbocycles. The maximum absolute atomic E-state index is 5.70. The Bertz CT molecular complexity index is 545. The Morgan fingerprint density at radius 2 is 2.05 bits per heavy atom. The highest BCUT2D eigenvalue weighted by Crippen LogP contribution is 2.21. The van der Waals surface area contributed by atoms with Gasteiger partial charge in [0.25, 0.3) is 0 Å². The van der Waals surface area contributed by atoms with Gasteiger partial charge in [0.1, 0.15) is 0 Å². The fourth-order valence-electron chi connectivity index (χ4n) is 2.27. The molecule has 2 rings (SSSR count). The van der Waals surface area contributed by atoms with E-state index in [1.54, 1.807) is 0 Å². The summed E-state index contributed by atoms with van der Waals surface area (Å²) in [5.74, 6) is 5.70. The van der Waals surface area contributed by atoms with Gasteiger partial charge in [0, 0.05) is 25.0 Å². The lowest BCUT2D eigenvalue weighted by Crippen LogP contribution is -2.28. The Balaban J connectivity index is 2.07. The molecule has 4 nitrogen and oxygen atoms in total. The third-order valence-corrected chi connectivity index (χ3v) is 3.75. The molecule has 1 aromatic heterocycles. The minimum Gasteiger partial charge on any atom is -0.273 e. The van der Waals surface area contributed by atoms with Crippen molar-refractivity contribution in [2.24, 2.45) is 12.9 Å². The fraction of sp³-hybridized carbons (Fsp3) is 0.400. The van der Waals surface area contributed by atoms with Crippen LogP contribution in [0.3, 0.4) is 0 Å². The van der Waals surface area contributed by atoms with Crippen molar-refractivity contribution in [1.29, 1.82) is 0 Å². The van der Waals surface area contributed by atoms with Crippen LogP contribution in [0.1, 0.15) is 34.8 Å². The molecule has 0 aliphatic heterocycles. The lowest BCUT2D eigenvalue weighted by Gasteiger charge is -2.17. The summed E-state index contributed by atoms with van der Waals surface area (Å²) in [7, 11) is 1.97. The molecule has 19 heavy (non-hydrogen) atoms. The molecular formula is C15H22N4. The van der Waals surface area contributed by atoms with Crippen molar-refractivity contribution in [3.8, 4) is 0 Å². The first-order valence-corrected chi connectivity index (χ1v) is 6.62. The van der Waals surface area contributed by atoms with E-state index in [0.717, 1.165) is 12.8 Å². The zero-order valence-corrected chi connectivity index (χ0v) is 11.9. The lowest BCUT2D eigenvalue weighted by atomic mass is 9.98. The predicted molar refractivity (Wildman–Crippen MR) is 77.5 cm³/mol. The number of nitrogens with one attached hydrogen (secondary N) is 1. The van der Waals surface area contributed by atoms with Gasteiger partial charge >= 0.3 is 0 Å². The van der Waals surface area contributed by atoms with E-state index in [2.05, 4.69) is 42.6 Å². The second kappa shape index (κ2) is 5.99. The van der Waals surface area contributed by atoms with Crippen LogP contribution < -0.4 is 11.3 Å². The molecule has 4 heteroatoms. The van der Waals surface area contributed by atoms with E-state index < -0.39 is 0 Å². The number of rotatable bonds is 5. The van der Waals surface area contributed by atoms with E-state index in [9.17, 15) is 0 Å². The number of nitrogens with zero attached hydrogens (tertiary/aromatic N) is 2. The number of hydrazine groups is 1. The third-order valence-electron chi connectivity index (χ3n) is 3.75. The maximum Gasteiger partial charge on any atom is 0.0492 e. The highest BCUT2D eigenvalue weighted by molar-refractivity contribution is 5.31. The Kier molecular flexibility index (Phi) is 4.35. The maximum atomic E-state index is 5.70. The Morgan fingerprint density at radius 1 is 1.26 bits per heavy atom. The van der Waals surface area contributed by atoms with Crippen molar-refractivity contribution >= 4 is 0 Å². The number of aryl methyl sites for hydroxylation is 4. The summed E-state index contributed by atoms with van der Waals surface area (Å²) in [5, 5.41) is 4.18. The van der Waals surface area contributed by atoms with Gasteiger partial charge in [-0.05, 0) is 49.4 Å². The fourth-order valence-corrected chi connectivity index (χ4v) is 2.27. The van der Waals surface area contributed by atoms with Crippen LogP contribution in [0.2, 0.25) is 0 Å². The van der Waals surface area contributed by atoms with Crippen LogP contribution in [0.4, 0.5) is 0 Å².